The van der Waals surface area contributed by atoms with Crippen LogP contribution in [0.15, 0.2) is 48.5 Å². The largest absolute Gasteiger partial charge is 0.493 e. The number of anilines is 1. The van der Waals surface area contributed by atoms with E-state index >= 15 is 0 Å². The van der Waals surface area contributed by atoms with Crippen LogP contribution in [-0.4, -0.2) is 18.8 Å². The monoisotopic (exact) mass is 297 g/mol. The molecule has 0 aliphatic carbocycles. The minimum Gasteiger partial charge on any atom is -0.493 e. The van der Waals surface area contributed by atoms with E-state index in [9.17, 15) is 9.59 Å². The van der Waals surface area contributed by atoms with Gasteiger partial charge in [-0.25, -0.2) is 0 Å². The number of unbranched alkanes of at least 4 members (excludes halogenated alkanes) is 1. The number of amides is 1. The maximum absolute atomic E-state index is 12.4. The molecule has 4 nitrogen and oxygen atoms in total. The molecule has 4 heteroatoms. The van der Waals surface area contributed by atoms with Crippen LogP contribution in [0.1, 0.15) is 40.5 Å². The van der Waals surface area contributed by atoms with Gasteiger partial charge in [0.15, 0.2) is 6.29 Å². The van der Waals surface area contributed by atoms with E-state index in [-0.39, 0.29) is 5.91 Å². The van der Waals surface area contributed by atoms with Crippen LogP contribution in [0.2, 0.25) is 0 Å². The molecule has 0 heterocycles. The highest BCUT2D eigenvalue weighted by molar-refractivity contribution is 6.08. The summed E-state index contributed by atoms with van der Waals surface area (Å²) in [6.07, 6.45) is 2.68. The Morgan fingerprint density at radius 3 is 2.64 bits per heavy atom. The third-order valence-corrected chi connectivity index (χ3v) is 3.22. The Morgan fingerprint density at radius 1 is 1.14 bits per heavy atom. The van der Waals surface area contributed by atoms with E-state index in [4.69, 9.17) is 4.74 Å². The molecule has 2 rings (SSSR count). The summed E-state index contributed by atoms with van der Waals surface area (Å²) in [5.74, 6) is 0.262. The van der Waals surface area contributed by atoms with Crippen LogP contribution < -0.4 is 10.1 Å². The normalized spacial score (nSPS) is 10.0. The third-order valence-electron chi connectivity index (χ3n) is 3.22. The molecule has 0 unspecified atom stereocenters. The fourth-order valence-corrected chi connectivity index (χ4v) is 2.01. The van der Waals surface area contributed by atoms with Gasteiger partial charge in [0.2, 0.25) is 0 Å². The van der Waals surface area contributed by atoms with Gasteiger partial charge in [-0.3, -0.25) is 9.59 Å². The molecular weight excluding hydrogens is 278 g/mol. The SMILES string of the molecule is CCCCOc1ccccc1C(=O)Nc1ccccc1C=O. The van der Waals surface area contributed by atoms with Crippen molar-refractivity contribution >= 4 is 17.9 Å². The minimum atomic E-state index is -0.290. The van der Waals surface area contributed by atoms with Gasteiger partial charge in [0.1, 0.15) is 5.75 Å². The maximum Gasteiger partial charge on any atom is 0.259 e. The maximum atomic E-state index is 12.4. The molecule has 0 fully saturated rings. The fraction of sp³-hybridized carbons (Fsp3) is 0.222. The van der Waals surface area contributed by atoms with Crippen molar-refractivity contribution in [2.24, 2.45) is 0 Å². The van der Waals surface area contributed by atoms with Crippen molar-refractivity contribution in [3.63, 3.8) is 0 Å². The molecule has 0 aliphatic rings. The molecular formula is C18H19NO3. The number of carbonyl (C=O) groups is 2. The zero-order valence-corrected chi connectivity index (χ0v) is 12.5. The summed E-state index contributed by atoms with van der Waals surface area (Å²) in [6.45, 7) is 2.66. The second-order valence-corrected chi connectivity index (χ2v) is 4.86. The molecule has 0 aliphatic heterocycles. The first-order chi connectivity index (χ1) is 10.8. The van der Waals surface area contributed by atoms with E-state index in [0.29, 0.717) is 29.2 Å². The smallest absolute Gasteiger partial charge is 0.259 e. The molecule has 0 aromatic heterocycles. The van der Waals surface area contributed by atoms with Crippen molar-refractivity contribution in [2.45, 2.75) is 19.8 Å². The van der Waals surface area contributed by atoms with Gasteiger partial charge >= 0.3 is 0 Å². The van der Waals surface area contributed by atoms with E-state index < -0.39 is 0 Å². The van der Waals surface area contributed by atoms with Crippen molar-refractivity contribution in [2.75, 3.05) is 11.9 Å². The summed E-state index contributed by atoms with van der Waals surface area (Å²) >= 11 is 0. The molecule has 22 heavy (non-hydrogen) atoms. The quantitative estimate of drug-likeness (QED) is 0.622. The number of benzene rings is 2. The van der Waals surface area contributed by atoms with Gasteiger partial charge in [-0.1, -0.05) is 37.6 Å². The zero-order chi connectivity index (χ0) is 15.8. The average Bonchev–Trinajstić information content (AvgIpc) is 2.56. The van der Waals surface area contributed by atoms with Gasteiger partial charge in [-0.15, -0.1) is 0 Å². The van der Waals surface area contributed by atoms with Gasteiger partial charge in [0.25, 0.3) is 5.91 Å². The summed E-state index contributed by atoms with van der Waals surface area (Å²) in [5, 5.41) is 2.76. The number of hydrogen-bond acceptors (Lipinski definition) is 3. The van der Waals surface area contributed by atoms with Gasteiger partial charge in [-0.2, -0.15) is 0 Å². The molecule has 114 valence electrons. The first kappa shape index (κ1) is 15.8. The number of hydrogen-bond donors (Lipinski definition) is 1. The van der Waals surface area contributed by atoms with E-state index in [1.807, 2.05) is 6.07 Å². The van der Waals surface area contributed by atoms with Crippen LogP contribution in [0, 0.1) is 0 Å². The third kappa shape index (κ3) is 3.95. The molecule has 0 radical (unpaired) electrons. The lowest BCUT2D eigenvalue weighted by molar-refractivity contribution is 0.102. The average molecular weight is 297 g/mol. The topological polar surface area (TPSA) is 55.4 Å². The number of ether oxygens (including phenoxy) is 1. The molecule has 0 bridgehead atoms. The molecule has 1 N–H and O–H groups in total. The number of nitrogens with one attached hydrogen (secondary N) is 1. The van der Waals surface area contributed by atoms with Crippen LogP contribution in [0.5, 0.6) is 5.75 Å². The van der Waals surface area contributed by atoms with Crippen molar-refractivity contribution in [3.8, 4) is 5.75 Å². The highest BCUT2D eigenvalue weighted by Gasteiger charge is 2.13. The summed E-state index contributed by atoms with van der Waals surface area (Å²) in [6, 6.07) is 14.0. The van der Waals surface area contributed by atoms with Crippen molar-refractivity contribution in [1.29, 1.82) is 0 Å². The second-order valence-electron chi connectivity index (χ2n) is 4.86. The number of aldehydes is 1. The van der Waals surface area contributed by atoms with Gasteiger partial charge in [-0.05, 0) is 30.7 Å². The number of carbonyl (C=O) groups excluding carboxylic acids is 2. The van der Waals surface area contributed by atoms with E-state index in [1.165, 1.54) is 0 Å². The Kier molecular flexibility index (Phi) is 5.72. The molecule has 0 atom stereocenters. The predicted octanol–water partition coefficient (Wildman–Crippen LogP) is 3.93. The first-order valence-electron chi connectivity index (χ1n) is 7.33. The van der Waals surface area contributed by atoms with Gasteiger partial charge < -0.3 is 10.1 Å². The van der Waals surface area contributed by atoms with E-state index in [2.05, 4.69) is 12.2 Å². The van der Waals surface area contributed by atoms with Crippen LogP contribution in [0.3, 0.4) is 0 Å². The van der Waals surface area contributed by atoms with E-state index in [1.54, 1.807) is 42.5 Å². The summed E-state index contributed by atoms with van der Waals surface area (Å²) in [4.78, 5) is 23.4. The molecule has 0 saturated carbocycles. The lowest BCUT2D eigenvalue weighted by atomic mass is 10.1. The van der Waals surface area contributed by atoms with Crippen LogP contribution >= 0.6 is 0 Å². The fourth-order valence-electron chi connectivity index (χ4n) is 2.01. The van der Waals surface area contributed by atoms with Gasteiger partial charge in [0, 0.05) is 5.56 Å². The Labute approximate surface area is 130 Å². The summed E-state index contributed by atoms with van der Waals surface area (Å²) in [7, 11) is 0. The second kappa shape index (κ2) is 7.98. The Balaban J connectivity index is 2.17. The van der Waals surface area contributed by atoms with Crippen LogP contribution in [-0.2, 0) is 0 Å². The molecule has 2 aromatic carbocycles. The lowest BCUT2D eigenvalue weighted by Crippen LogP contribution is -2.15. The number of rotatable bonds is 7. The molecule has 2 aromatic rings. The van der Waals surface area contributed by atoms with Crippen LogP contribution in [0.25, 0.3) is 0 Å². The minimum absolute atomic E-state index is 0.290. The molecule has 0 saturated heterocycles. The van der Waals surface area contributed by atoms with Crippen molar-refractivity contribution in [1.82, 2.24) is 0 Å². The Hall–Kier alpha value is -2.62. The Morgan fingerprint density at radius 2 is 1.86 bits per heavy atom. The van der Waals surface area contributed by atoms with E-state index in [0.717, 1.165) is 19.1 Å². The van der Waals surface area contributed by atoms with Crippen molar-refractivity contribution < 1.29 is 14.3 Å². The highest BCUT2D eigenvalue weighted by Crippen LogP contribution is 2.21. The standard InChI is InChI=1S/C18H19NO3/c1-2-3-12-22-17-11-7-5-9-15(17)18(21)19-16-10-6-4-8-14(16)13-20/h4-11,13H,2-3,12H2,1H3,(H,19,21). The zero-order valence-electron chi connectivity index (χ0n) is 12.5. The summed E-state index contributed by atoms with van der Waals surface area (Å²) < 4.78 is 5.66. The first-order valence-corrected chi connectivity index (χ1v) is 7.33. The predicted molar refractivity (Wildman–Crippen MR) is 86.6 cm³/mol. The van der Waals surface area contributed by atoms with Crippen molar-refractivity contribution in [3.05, 3.63) is 59.7 Å². The molecule has 1 amide bonds. The highest BCUT2D eigenvalue weighted by atomic mass is 16.5. The Bertz CT molecular complexity index is 652. The molecule has 0 spiro atoms. The number of para-hydroxylation sites is 2. The van der Waals surface area contributed by atoms with Crippen LogP contribution in [0.4, 0.5) is 5.69 Å². The lowest BCUT2D eigenvalue weighted by Gasteiger charge is -2.12. The van der Waals surface area contributed by atoms with Gasteiger partial charge in [0.05, 0.1) is 17.9 Å². The summed E-state index contributed by atoms with van der Waals surface area (Å²) in [5.41, 5.74) is 1.39.